The maximum absolute atomic E-state index is 11.9. The molecular weight excluding hydrogens is 175 g/mol. The number of halogens is 5. The van der Waals surface area contributed by atoms with Crippen molar-refractivity contribution in [1.29, 1.82) is 0 Å². The summed E-state index contributed by atoms with van der Waals surface area (Å²) < 4.78 is 65.2. The van der Waals surface area contributed by atoms with Gasteiger partial charge < -0.3 is 9.47 Å². The Hall–Kier alpha value is -0.430. The Kier molecular flexibility index (Phi) is 2.02. The standard InChI is InChI=1S/C4H3F5O2/c5-1-2(6)11-3(10-1)4(7,8)9/h1-3H. The van der Waals surface area contributed by atoms with Crippen molar-refractivity contribution in [2.75, 3.05) is 0 Å². The molecule has 0 radical (unpaired) electrons. The van der Waals surface area contributed by atoms with E-state index in [9.17, 15) is 22.0 Å². The zero-order chi connectivity index (χ0) is 8.65. The number of ether oxygens (including phenoxy) is 2. The highest BCUT2D eigenvalue weighted by Gasteiger charge is 2.51. The first kappa shape index (κ1) is 8.66. The minimum atomic E-state index is -4.88. The zero-order valence-corrected chi connectivity index (χ0v) is 4.94. The predicted molar refractivity (Wildman–Crippen MR) is 21.8 cm³/mol. The lowest BCUT2D eigenvalue weighted by atomic mass is 10.6. The van der Waals surface area contributed by atoms with Crippen molar-refractivity contribution in [3.63, 3.8) is 0 Å². The van der Waals surface area contributed by atoms with E-state index >= 15 is 0 Å². The normalized spacial score (nSPS) is 39.5. The van der Waals surface area contributed by atoms with Crippen LogP contribution in [0.4, 0.5) is 22.0 Å². The van der Waals surface area contributed by atoms with Crippen LogP contribution in [0.15, 0.2) is 0 Å². The van der Waals surface area contributed by atoms with E-state index in [4.69, 9.17) is 0 Å². The molecule has 0 aromatic carbocycles. The summed E-state index contributed by atoms with van der Waals surface area (Å²) in [7, 11) is 0. The molecule has 0 saturated carbocycles. The molecule has 7 heteroatoms. The topological polar surface area (TPSA) is 18.5 Å². The number of alkyl halides is 5. The van der Waals surface area contributed by atoms with E-state index in [0.29, 0.717) is 0 Å². The van der Waals surface area contributed by atoms with Crippen molar-refractivity contribution in [2.24, 2.45) is 0 Å². The first-order valence-corrected chi connectivity index (χ1v) is 2.57. The summed E-state index contributed by atoms with van der Waals surface area (Å²) in [6.45, 7) is 0. The van der Waals surface area contributed by atoms with Crippen LogP contribution in [-0.4, -0.2) is 25.2 Å². The summed E-state index contributed by atoms with van der Waals surface area (Å²) in [4.78, 5) is 0. The Balaban J connectivity index is 2.54. The molecular formula is C4H3F5O2. The molecule has 1 saturated heterocycles. The predicted octanol–water partition coefficient (Wildman–Crippen LogP) is 1.51. The lowest BCUT2D eigenvalue weighted by molar-refractivity contribution is -0.287. The van der Waals surface area contributed by atoms with Gasteiger partial charge in [-0.3, -0.25) is 0 Å². The Morgan fingerprint density at radius 1 is 0.909 bits per heavy atom. The molecule has 0 aliphatic carbocycles. The third-order valence-corrected chi connectivity index (χ3v) is 0.981. The van der Waals surface area contributed by atoms with E-state index in [0.717, 1.165) is 0 Å². The lowest BCUT2D eigenvalue weighted by Gasteiger charge is -2.11. The van der Waals surface area contributed by atoms with E-state index in [1.807, 2.05) is 0 Å². The molecule has 2 nitrogen and oxygen atoms in total. The molecule has 2 unspecified atom stereocenters. The minimum Gasteiger partial charge on any atom is -0.305 e. The molecule has 66 valence electrons. The van der Waals surface area contributed by atoms with E-state index in [-0.39, 0.29) is 0 Å². The monoisotopic (exact) mass is 178 g/mol. The minimum absolute atomic E-state index is 2.65. The second-order valence-electron chi connectivity index (χ2n) is 1.85. The molecule has 0 bridgehead atoms. The zero-order valence-electron chi connectivity index (χ0n) is 4.94. The highest BCUT2D eigenvalue weighted by molar-refractivity contribution is 4.66. The second-order valence-corrected chi connectivity index (χ2v) is 1.85. The molecule has 0 aromatic heterocycles. The summed E-state index contributed by atoms with van der Waals surface area (Å²) in [5.41, 5.74) is 0. The molecule has 1 heterocycles. The van der Waals surface area contributed by atoms with Gasteiger partial charge in [0.2, 0.25) is 0 Å². The Labute approximate surface area is 57.9 Å². The maximum atomic E-state index is 11.9. The van der Waals surface area contributed by atoms with Gasteiger partial charge in [-0.05, 0) is 0 Å². The van der Waals surface area contributed by atoms with Gasteiger partial charge in [-0.15, -0.1) is 0 Å². The van der Waals surface area contributed by atoms with Crippen LogP contribution in [0.3, 0.4) is 0 Å². The van der Waals surface area contributed by atoms with E-state index in [2.05, 4.69) is 9.47 Å². The van der Waals surface area contributed by atoms with Crippen molar-refractivity contribution in [3.8, 4) is 0 Å². The molecule has 0 N–H and O–H groups in total. The molecule has 0 amide bonds. The van der Waals surface area contributed by atoms with Crippen molar-refractivity contribution < 1.29 is 31.4 Å². The third kappa shape index (κ3) is 1.78. The van der Waals surface area contributed by atoms with Crippen LogP contribution >= 0.6 is 0 Å². The number of rotatable bonds is 0. The molecule has 1 fully saturated rings. The highest BCUT2D eigenvalue weighted by Crippen LogP contribution is 2.32. The number of hydrogen-bond donors (Lipinski definition) is 0. The first-order chi connectivity index (χ1) is 4.91. The van der Waals surface area contributed by atoms with Gasteiger partial charge in [-0.1, -0.05) is 0 Å². The average molecular weight is 178 g/mol. The van der Waals surface area contributed by atoms with E-state index in [1.54, 1.807) is 0 Å². The molecule has 1 rings (SSSR count). The Morgan fingerprint density at radius 2 is 1.27 bits per heavy atom. The fourth-order valence-electron chi connectivity index (χ4n) is 0.546. The van der Waals surface area contributed by atoms with Gasteiger partial charge in [0.05, 0.1) is 0 Å². The smallest absolute Gasteiger partial charge is 0.305 e. The van der Waals surface area contributed by atoms with E-state index in [1.165, 1.54) is 0 Å². The van der Waals surface area contributed by atoms with Crippen LogP contribution in [-0.2, 0) is 9.47 Å². The van der Waals surface area contributed by atoms with Crippen molar-refractivity contribution >= 4 is 0 Å². The van der Waals surface area contributed by atoms with Gasteiger partial charge in [0.25, 0.3) is 19.0 Å². The molecule has 11 heavy (non-hydrogen) atoms. The van der Waals surface area contributed by atoms with Crippen LogP contribution < -0.4 is 0 Å². The van der Waals surface area contributed by atoms with Gasteiger partial charge in [-0.2, -0.15) is 13.2 Å². The van der Waals surface area contributed by atoms with Crippen LogP contribution in [0.1, 0.15) is 0 Å². The molecule has 1 aliphatic rings. The summed E-state index contributed by atoms with van der Waals surface area (Å²) in [5, 5.41) is 0. The van der Waals surface area contributed by atoms with Gasteiger partial charge in [0, 0.05) is 0 Å². The van der Waals surface area contributed by atoms with Crippen LogP contribution in [0.2, 0.25) is 0 Å². The summed E-state index contributed by atoms with van der Waals surface area (Å²) in [6, 6.07) is 0. The van der Waals surface area contributed by atoms with Crippen molar-refractivity contribution in [3.05, 3.63) is 0 Å². The molecule has 1 aliphatic heterocycles. The second kappa shape index (κ2) is 2.56. The molecule has 2 atom stereocenters. The largest absolute Gasteiger partial charge is 0.440 e. The van der Waals surface area contributed by atoms with Gasteiger partial charge in [-0.25, -0.2) is 8.78 Å². The quantitative estimate of drug-likeness (QED) is 0.523. The van der Waals surface area contributed by atoms with Crippen molar-refractivity contribution in [2.45, 2.75) is 25.2 Å². The summed E-state index contributed by atoms with van der Waals surface area (Å²) in [5.74, 6) is 0. The Morgan fingerprint density at radius 3 is 1.45 bits per heavy atom. The van der Waals surface area contributed by atoms with Crippen LogP contribution in [0.25, 0.3) is 0 Å². The molecule has 0 spiro atoms. The van der Waals surface area contributed by atoms with Crippen LogP contribution in [0.5, 0.6) is 0 Å². The first-order valence-electron chi connectivity index (χ1n) is 2.57. The fraction of sp³-hybridized carbons (Fsp3) is 1.00. The van der Waals surface area contributed by atoms with Gasteiger partial charge in [0.1, 0.15) is 0 Å². The summed E-state index contributed by atoms with van der Waals surface area (Å²) in [6.07, 6.45) is -13.0. The van der Waals surface area contributed by atoms with Crippen molar-refractivity contribution in [1.82, 2.24) is 0 Å². The highest BCUT2D eigenvalue weighted by atomic mass is 19.4. The van der Waals surface area contributed by atoms with Crippen LogP contribution in [0, 0.1) is 0 Å². The fourth-order valence-corrected chi connectivity index (χ4v) is 0.546. The third-order valence-electron chi connectivity index (χ3n) is 0.981. The lowest BCUT2D eigenvalue weighted by Crippen LogP contribution is -2.29. The summed E-state index contributed by atoms with van der Waals surface area (Å²) >= 11 is 0. The molecule has 0 aromatic rings. The van der Waals surface area contributed by atoms with Gasteiger partial charge in [0.15, 0.2) is 0 Å². The Bertz CT molecular complexity index is 136. The van der Waals surface area contributed by atoms with E-state index < -0.39 is 25.2 Å². The average Bonchev–Trinajstić information content (AvgIpc) is 2.11. The SMILES string of the molecule is FC1OC(C(F)(F)F)OC1F. The maximum Gasteiger partial charge on any atom is 0.440 e. The number of hydrogen-bond acceptors (Lipinski definition) is 2. The van der Waals surface area contributed by atoms with Gasteiger partial charge >= 0.3 is 6.18 Å².